The number of rotatable bonds is 3. The molecule has 1 saturated heterocycles. The zero-order valence-corrected chi connectivity index (χ0v) is 15.6. The first-order valence-corrected chi connectivity index (χ1v) is 10.1. The Morgan fingerprint density at radius 2 is 1.88 bits per heavy atom. The minimum Gasteiger partial charge on any atom is -0.336 e. The molecule has 140 valence electrons. The first-order chi connectivity index (χ1) is 12.5. The lowest BCUT2D eigenvalue weighted by Crippen LogP contribution is -2.60. The summed E-state index contributed by atoms with van der Waals surface area (Å²) in [5, 5.41) is 3.17. The van der Waals surface area contributed by atoms with E-state index < -0.39 is 5.54 Å². The van der Waals surface area contributed by atoms with E-state index in [9.17, 15) is 9.59 Å². The Morgan fingerprint density at radius 1 is 1.19 bits per heavy atom. The van der Waals surface area contributed by atoms with Crippen LogP contribution in [0.25, 0.3) is 0 Å². The van der Waals surface area contributed by atoms with Crippen molar-refractivity contribution in [2.75, 3.05) is 0 Å². The van der Waals surface area contributed by atoms with Crippen LogP contribution in [0.1, 0.15) is 58.8 Å². The minimum atomic E-state index is -0.730. The Balaban J connectivity index is 1.40. The average Bonchev–Trinajstić information content (AvgIpc) is 3.03. The van der Waals surface area contributed by atoms with E-state index in [-0.39, 0.29) is 29.9 Å². The van der Waals surface area contributed by atoms with Crippen molar-refractivity contribution in [2.45, 2.75) is 82.5 Å². The zero-order chi connectivity index (χ0) is 18.1. The van der Waals surface area contributed by atoms with E-state index in [1.807, 2.05) is 4.90 Å². The molecule has 3 N–H and O–H groups in total. The highest BCUT2D eigenvalue weighted by Gasteiger charge is 2.51. The van der Waals surface area contributed by atoms with Crippen molar-refractivity contribution in [3.8, 4) is 0 Å². The minimum absolute atomic E-state index is 0.126. The van der Waals surface area contributed by atoms with Crippen molar-refractivity contribution in [1.29, 1.82) is 0 Å². The maximum atomic E-state index is 13.5. The molecule has 4 atom stereocenters. The molecule has 0 radical (unpaired) electrons. The monoisotopic (exact) mass is 356 g/mol. The number of amides is 2. The smallest absolute Gasteiger partial charge is 0.269 e. The summed E-state index contributed by atoms with van der Waals surface area (Å²) in [6, 6.07) is 0.757. The molecule has 6 nitrogen and oxygen atoms in total. The molecule has 3 fully saturated rings. The molecule has 6 heteroatoms. The summed E-state index contributed by atoms with van der Waals surface area (Å²) in [5.74, 6) is 0.556. The molecule has 5 aliphatic rings. The van der Waals surface area contributed by atoms with Gasteiger partial charge in [0.15, 0.2) is 0 Å². The summed E-state index contributed by atoms with van der Waals surface area (Å²) in [4.78, 5) is 28.6. The van der Waals surface area contributed by atoms with Gasteiger partial charge in [-0.05, 0) is 46.0 Å². The standard InChI is InChI=1S/C20H28N4O2/c1-11-5-6-12(2)24(11)19(26)20(7-3-4-8-20)21-18(25)17-15-10-13-9-14(13)16(15)22-23-17/h10-12,14,16,22-23H,3-9H2,1-2H3,(H,21,25)/t11-,12+,14?,16?. The van der Waals surface area contributed by atoms with Gasteiger partial charge >= 0.3 is 0 Å². The van der Waals surface area contributed by atoms with Gasteiger partial charge in [0.05, 0.1) is 6.04 Å². The molecule has 0 aromatic carbocycles. The van der Waals surface area contributed by atoms with E-state index in [1.165, 1.54) is 5.57 Å². The van der Waals surface area contributed by atoms with Crippen molar-refractivity contribution >= 4 is 11.8 Å². The summed E-state index contributed by atoms with van der Waals surface area (Å²) in [7, 11) is 0. The van der Waals surface area contributed by atoms with E-state index >= 15 is 0 Å². The molecule has 2 unspecified atom stereocenters. The van der Waals surface area contributed by atoms with Crippen molar-refractivity contribution in [1.82, 2.24) is 21.1 Å². The van der Waals surface area contributed by atoms with Gasteiger partial charge < -0.3 is 15.6 Å². The molecule has 3 aliphatic carbocycles. The molecule has 2 aliphatic heterocycles. The summed E-state index contributed by atoms with van der Waals surface area (Å²) in [6.07, 6.45) is 8.88. The van der Waals surface area contributed by atoms with Crippen LogP contribution < -0.4 is 16.2 Å². The summed E-state index contributed by atoms with van der Waals surface area (Å²) < 4.78 is 0. The van der Waals surface area contributed by atoms with E-state index in [2.05, 4.69) is 36.1 Å². The Kier molecular flexibility index (Phi) is 3.52. The Bertz CT molecular complexity index is 724. The number of likely N-dealkylation sites (tertiary alicyclic amines) is 1. The third kappa shape index (κ3) is 2.27. The van der Waals surface area contributed by atoms with Crippen molar-refractivity contribution in [2.24, 2.45) is 5.92 Å². The Hall–Kier alpha value is -1.82. The number of nitrogens with zero attached hydrogens (tertiary/aromatic N) is 1. The largest absolute Gasteiger partial charge is 0.336 e. The Morgan fingerprint density at radius 3 is 2.58 bits per heavy atom. The summed E-state index contributed by atoms with van der Waals surface area (Å²) in [6.45, 7) is 4.25. The van der Waals surface area contributed by atoms with Crippen LogP contribution >= 0.6 is 0 Å². The quantitative estimate of drug-likeness (QED) is 0.717. The van der Waals surface area contributed by atoms with Gasteiger partial charge in [0.1, 0.15) is 11.2 Å². The molecule has 26 heavy (non-hydrogen) atoms. The lowest BCUT2D eigenvalue weighted by molar-refractivity contribution is -0.143. The number of carbonyl (C=O) groups excluding carboxylic acids is 2. The second kappa shape index (κ2) is 5.59. The maximum absolute atomic E-state index is 13.5. The molecular formula is C20H28N4O2. The van der Waals surface area contributed by atoms with Crippen molar-refractivity contribution in [3.63, 3.8) is 0 Å². The van der Waals surface area contributed by atoms with Crippen LogP contribution in [0.5, 0.6) is 0 Å². The van der Waals surface area contributed by atoms with Crippen LogP contribution in [0.2, 0.25) is 0 Å². The first-order valence-electron chi connectivity index (χ1n) is 10.1. The van der Waals surface area contributed by atoms with Gasteiger partial charge in [0.25, 0.3) is 5.91 Å². The fourth-order valence-corrected chi connectivity index (χ4v) is 5.51. The van der Waals surface area contributed by atoms with Gasteiger partial charge in [-0.1, -0.05) is 24.5 Å². The normalized spacial score (nSPS) is 36.5. The van der Waals surface area contributed by atoms with Gasteiger partial charge in [-0.2, -0.15) is 0 Å². The molecule has 5 rings (SSSR count). The summed E-state index contributed by atoms with van der Waals surface area (Å²) >= 11 is 0. The first kappa shape index (κ1) is 16.4. The van der Waals surface area contributed by atoms with Crippen LogP contribution in [0.3, 0.4) is 0 Å². The second-order valence-corrected chi connectivity index (χ2v) is 8.84. The highest BCUT2D eigenvalue weighted by molar-refractivity contribution is 6.00. The van der Waals surface area contributed by atoms with Gasteiger partial charge in [-0.25, -0.2) is 5.43 Å². The molecule has 0 aromatic rings. The SMILES string of the molecule is C[C@@H]1CC[C@H](C)N1C(=O)C1(NC(=O)C2=C3C=C4CC4C3NN2)CCCC1. The van der Waals surface area contributed by atoms with Gasteiger partial charge in [-0.15, -0.1) is 0 Å². The molecule has 0 bridgehead atoms. The number of hydrogen-bond acceptors (Lipinski definition) is 4. The van der Waals surface area contributed by atoms with Gasteiger partial charge in [0.2, 0.25) is 5.91 Å². The van der Waals surface area contributed by atoms with Gasteiger partial charge in [0, 0.05) is 23.6 Å². The highest BCUT2D eigenvalue weighted by Crippen LogP contribution is 2.51. The summed E-state index contributed by atoms with van der Waals surface area (Å²) in [5.41, 5.74) is 8.71. The molecular weight excluding hydrogens is 328 g/mol. The molecule has 2 amide bonds. The number of hydrazine groups is 1. The maximum Gasteiger partial charge on any atom is 0.269 e. The van der Waals surface area contributed by atoms with Gasteiger partial charge in [-0.3, -0.25) is 9.59 Å². The fraction of sp³-hybridized carbons (Fsp3) is 0.700. The zero-order valence-electron chi connectivity index (χ0n) is 15.6. The Labute approximate surface area is 154 Å². The van der Waals surface area contributed by atoms with Crippen LogP contribution in [0, 0.1) is 5.92 Å². The predicted octanol–water partition coefficient (Wildman–Crippen LogP) is 1.51. The fourth-order valence-electron chi connectivity index (χ4n) is 5.51. The predicted molar refractivity (Wildman–Crippen MR) is 97.6 cm³/mol. The van der Waals surface area contributed by atoms with Crippen LogP contribution in [0.4, 0.5) is 0 Å². The molecule has 0 spiro atoms. The number of nitrogens with one attached hydrogen (secondary N) is 3. The average molecular weight is 356 g/mol. The second-order valence-electron chi connectivity index (χ2n) is 8.84. The highest BCUT2D eigenvalue weighted by atomic mass is 16.2. The lowest BCUT2D eigenvalue weighted by atomic mass is 9.93. The third-order valence-electron chi connectivity index (χ3n) is 7.12. The third-order valence-corrected chi connectivity index (χ3v) is 7.12. The number of fused-ring (bicyclic) bond motifs is 3. The van der Waals surface area contributed by atoms with Crippen LogP contribution in [-0.2, 0) is 9.59 Å². The van der Waals surface area contributed by atoms with Crippen molar-refractivity contribution in [3.05, 3.63) is 22.9 Å². The lowest BCUT2D eigenvalue weighted by Gasteiger charge is -2.37. The molecule has 0 aromatic heterocycles. The topological polar surface area (TPSA) is 73.5 Å². The molecule has 2 saturated carbocycles. The van der Waals surface area contributed by atoms with Crippen LogP contribution in [-0.4, -0.2) is 40.4 Å². The van der Waals surface area contributed by atoms with E-state index in [0.717, 1.165) is 50.5 Å². The number of hydrogen-bond donors (Lipinski definition) is 3. The van der Waals surface area contributed by atoms with E-state index in [4.69, 9.17) is 0 Å². The number of carbonyl (C=O) groups is 2. The molecule has 2 heterocycles. The van der Waals surface area contributed by atoms with E-state index in [1.54, 1.807) is 0 Å². The van der Waals surface area contributed by atoms with Crippen LogP contribution in [0.15, 0.2) is 22.9 Å². The van der Waals surface area contributed by atoms with Crippen molar-refractivity contribution < 1.29 is 9.59 Å². The van der Waals surface area contributed by atoms with E-state index in [0.29, 0.717) is 11.6 Å².